The second kappa shape index (κ2) is 6.64. The van der Waals surface area contributed by atoms with E-state index in [1.54, 1.807) is 0 Å². The van der Waals surface area contributed by atoms with Crippen LogP contribution in [0.2, 0.25) is 0 Å². The van der Waals surface area contributed by atoms with Crippen LogP contribution in [0.5, 0.6) is 0 Å². The molecule has 0 aliphatic carbocycles. The maximum atomic E-state index is 6.17. The zero-order valence-electron chi connectivity index (χ0n) is 12.5. The molecule has 2 N–H and O–H groups in total. The van der Waals surface area contributed by atoms with Gasteiger partial charge < -0.3 is 5.73 Å². The van der Waals surface area contributed by atoms with Crippen molar-refractivity contribution in [3.63, 3.8) is 0 Å². The van der Waals surface area contributed by atoms with Crippen LogP contribution in [0.1, 0.15) is 29.8 Å². The molecule has 1 heterocycles. The van der Waals surface area contributed by atoms with Gasteiger partial charge in [0.25, 0.3) is 0 Å². The normalized spacial score (nSPS) is 14.2. The van der Waals surface area contributed by atoms with Gasteiger partial charge in [0, 0.05) is 18.8 Å². The molecule has 0 amide bonds. The topological polar surface area (TPSA) is 42.2 Å². The van der Waals surface area contributed by atoms with Crippen molar-refractivity contribution < 1.29 is 0 Å². The first kappa shape index (κ1) is 14.7. The lowest BCUT2D eigenvalue weighted by Crippen LogP contribution is -2.37. The number of nitrogens with two attached hydrogens (primary N) is 1. The molecule has 2 rings (SSSR count). The largest absolute Gasteiger partial charge is 0.326 e. The summed E-state index contributed by atoms with van der Waals surface area (Å²) in [5, 5.41) is 0. The predicted octanol–water partition coefficient (Wildman–Crippen LogP) is 2.91. The SMILES string of the molecule is Cc1cccc(CN(C)C(c2ccccn2)C(C)N)c1. The van der Waals surface area contributed by atoms with Crippen LogP contribution in [0.4, 0.5) is 0 Å². The summed E-state index contributed by atoms with van der Waals surface area (Å²) in [5.41, 5.74) is 9.78. The molecule has 2 unspecified atom stereocenters. The van der Waals surface area contributed by atoms with E-state index in [9.17, 15) is 0 Å². The number of benzene rings is 1. The summed E-state index contributed by atoms with van der Waals surface area (Å²) in [6, 6.07) is 14.7. The van der Waals surface area contributed by atoms with Crippen molar-refractivity contribution in [3.8, 4) is 0 Å². The zero-order valence-corrected chi connectivity index (χ0v) is 12.5. The second-order valence-corrected chi connectivity index (χ2v) is 5.46. The summed E-state index contributed by atoms with van der Waals surface area (Å²) in [7, 11) is 2.10. The Kier molecular flexibility index (Phi) is 4.88. The van der Waals surface area contributed by atoms with E-state index in [-0.39, 0.29) is 12.1 Å². The summed E-state index contributed by atoms with van der Waals surface area (Å²) in [6.45, 7) is 5.02. The maximum absolute atomic E-state index is 6.17. The van der Waals surface area contributed by atoms with Gasteiger partial charge in [0.15, 0.2) is 0 Å². The number of nitrogens with zero attached hydrogens (tertiary/aromatic N) is 2. The molecule has 0 fully saturated rings. The molecule has 0 saturated heterocycles. The van der Waals surface area contributed by atoms with Crippen molar-refractivity contribution in [1.82, 2.24) is 9.88 Å². The summed E-state index contributed by atoms with van der Waals surface area (Å²) in [4.78, 5) is 6.72. The summed E-state index contributed by atoms with van der Waals surface area (Å²) in [5.74, 6) is 0. The van der Waals surface area contributed by atoms with Crippen molar-refractivity contribution in [2.24, 2.45) is 5.73 Å². The molecule has 20 heavy (non-hydrogen) atoms. The van der Waals surface area contributed by atoms with Crippen molar-refractivity contribution in [1.29, 1.82) is 0 Å². The second-order valence-electron chi connectivity index (χ2n) is 5.46. The van der Waals surface area contributed by atoms with Gasteiger partial charge in [0.1, 0.15) is 0 Å². The van der Waals surface area contributed by atoms with Crippen LogP contribution in [-0.4, -0.2) is 23.0 Å². The molecule has 0 aliphatic heterocycles. The van der Waals surface area contributed by atoms with Gasteiger partial charge in [-0.05, 0) is 38.6 Å². The van der Waals surface area contributed by atoms with Crippen LogP contribution in [0.3, 0.4) is 0 Å². The monoisotopic (exact) mass is 269 g/mol. The quantitative estimate of drug-likeness (QED) is 0.907. The van der Waals surface area contributed by atoms with Gasteiger partial charge in [-0.1, -0.05) is 35.9 Å². The third-order valence-electron chi connectivity index (χ3n) is 3.48. The average Bonchev–Trinajstić information content (AvgIpc) is 2.39. The van der Waals surface area contributed by atoms with Gasteiger partial charge in [0.2, 0.25) is 0 Å². The number of hydrogen-bond donors (Lipinski definition) is 1. The highest BCUT2D eigenvalue weighted by Gasteiger charge is 2.22. The molecule has 3 nitrogen and oxygen atoms in total. The first-order valence-electron chi connectivity index (χ1n) is 7.00. The molecule has 2 atom stereocenters. The number of aromatic nitrogens is 1. The van der Waals surface area contributed by atoms with E-state index in [2.05, 4.69) is 48.1 Å². The van der Waals surface area contributed by atoms with E-state index in [4.69, 9.17) is 5.73 Å². The molecule has 1 aromatic heterocycles. The van der Waals surface area contributed by atoms with E-state index in [0.717, 1.165) is 12.2 Å². The van der Waals surface area contributed by atoms with Crippen LogP contribution in [0.15, 0.2) is 48.7 Å². The Balaban J connectivity index is 2.18. The Labute approximate surface area is 121 Å². The minimum atomic E-state index is 0.0275. The number of pyridine rings is 1. The third-order valence-corrected chi connectivity index (χ3v) is 3.48. The van der Waals surface area contributed by atoms with Crippen molar-refractivity contribution >= 4 is 0 Å². The first-order chi connectivity index (χ1) is 9.58. The molecule has 0 radical (unpaired) electrons. The highest BCUT2D eigenvalue weighted by Crippen LogP contribution is 2.22. The lowest BCUT2D eigenvalue weighted by molar-refractivity contribution is 0.206. The summed E-state index contributed by atoms with van der Waals surface area (Å²) >= 11 is 0. The minimum absolute atomic E-state index is 0.0275. The minimum Gasteiger partial charge on any atom is -0.326 e. The fourth-order valence-electron chi connectivity index (χ4n) is 2.64. The Morgan fingerprint density at radius 1 is 1.20 bits per heavy atom. The van der Waals surface area contributed by atoms with Crippen molar-refractivity contribution in [3.05, 3.63) is 65.5 Å². The van der Waals surface area contributed by atoms with Gasteiger partial charge in [-0.3, -0.25) is 9.88 Å². The number of likely N-dealkylation sites (N-methyl/N-ethyl adjacent to an activating group) is 1. The van der Waals surface area contributed by atoms with Crippen LogP contribution < -0.4 is 5.73 Å². The molecular weight excluding hydrogens is 246 g/mol. The Morgan fingerprint density at radius 3 is 2.60 bits per heavy atom. The first-order valence-corrected chi connectivity index (χ1v) is 7.00. The van der Waals surface area contributed by atoms with Gasteiger partial charge in [-0.15, -0.1) is 0 Å². The van der Waals surface area contributed by atoms with Gasteiger partial charge in [0.05, 0.1) is 11.7 Å². The van der Waals surface area contributed by atoms with E-state index < -0.39 is 0 Å². The van der Waals surface area contributed by atoms with Crippen LogP contribution in [0, 0.1) is 6.92 Å². The van der Waals surface area contributed by atoms with E-state index in [1.165, 1.54) is 11.1 Å². The number of rotatable bonds is 5. The molecule has 0 spiro atoms. The van der Waals surface area contributed by atoms with Crippen molar-refractivity contribution in [2.75, 3.05) is 7.05 Å². The molecule has 2 aromatic rings. The lowest BCUT2D eigenvalue weighted by atomic mass is 10.0. The fraction of sp³-hybridized carbons (Fsp3) is 0.353. The molecule has 1 aromatic carbocycles. The van der Waals surface area contributed by atoms with E-state index >= 15 is 0 Å². The molecule has 106 valence electrons. The predicted molar refractivity (Wildman–Crippen MR) is 83.3 cm³/mol. The third kappa shape index (κ3) is 3.65. The zero-order chi connectivity index (χ0) is 14.5. The highest BCUT2D eigenvalue weighted by molar-refractivity contribution is 5.22. The van der Waals surface area contributed by atoms with Crippen LogP contribution >= 0.6 is 0 Å². The van der Waals surface area contributed by atoms with Gasteiger partial charge in [-0.25, -0.2) is 0 Å². The van der Waals surface area contributed by atoms with Gasteiger partial charge in [-0.2, -0.15) is 0 Å². The Morgan fingerprint density at radius 2 is 2.00 bits per heavy atom. The van der Waals surface area contributed by atoms with Crippen LogP contribution in [0.25, 0.3) is 0 Å². The maximum Gasteiger partial charge on any atom is 0.0671 e. The smallest absolute Gasteiger partial charge is 0.0671 e. The van der Waals surface area contributed by atoms with Gasteiger partial charge >= 0.3 is 0 Å². The Bertz CT molecular complexity index is 537. The number of aryl methyl sites for hydroxylation is 1. The fourth-order valence-corrected chi connectivity index (χ4v) is 2.64. The lowest BCUT2D eigenvalue weighted by Gasteiger charge is -2.30. The summed E-state index contributed by atoms with van der Waals surface area (Å²) in [6.07, 6.45) is 1.82. The molecular formula is C17H23N3. The van der Waals surface area contributed by atoms with Crippen LogP contribution in [-0.2, 0) is 6.54 Å². The number of hydrogen-bond acceptors (Lipinski definition) is 3. The highest BCUT2D eigenvalue weighted by atomic mass is 15.2. The molecule has 3 heteroatoms. The van der Waals surface area contributed by atoms with E-state index in [1.807, 2.05) is 31.3 Å². The van der Waals surface area contributed by atoms with Crippen molar-refractivity contribution in [2.45, 2.75) is 32.5 Å². The van der Waals surface area contributed by atoms with E-state index in [0.29, 0.717) is 0 Å². The molecule has 0 aliphatic rings. The molecule has 0 bridgehead atoms. The summed E-state index contributed by atoms with van der Waals surface area (Å²) < 4.78 is 0. The average molecular weight is 269 g/mol. The Hall–Kier alpha value is -1.71. The standard InChI is InChI=1S/C17H23N3/c1-13-7-6-8-15(11-13)12-20(3)17(14(2)18)16-9-4-5-10-19-16/h4-11,14,17H,12,18H2,1-3H3. The molecule has 0 saturated carbocycles.